The summed E-state index contributed by atoms with van der Waals surface area (Å²) in [6.45, 7) is 3.81. The van der Waals surface area contributed by atoms with Gasteiger partial charge in [-0.25, -0.2) is 0 Å². The maximum absolute atomic E-state index is 11.8. The van der Waals surface area contributed by atoms with Gasteiger partial charge >= 0.3 is 5.97 Å². The molecule has 1 amide bonds. The van der Waals surface area contributed by atoms with Crippen LogP contribution in [0, 0.1) is 0 Å². The molecule has 0 aromatic heterocycles. The van der Waals surface area contributed by atoms with E-state index < -0.39 is 0 Å². The van der Waals surface area contributed by atoms with Crippen molar-refractivity contribution in [2.24, 2.45) is 0 Å². The van der Waals surface area contributed by atoms with Crippen LogP contribution in [-0.4, -0.2) is 30.3 Å². The second-order valence-corrected chi connectivity index (χ2v) is 6.59. The van der Waals surface area contributed by atoms with Crippen LogP contribution < -0.4 is 5.32 Å². The molecule has 0 saturated carbocycles. The zero-order valence-electron chi connectivity index (χ0n) is 14.1. The van der Waals surface area contributed by atoms with E-state index >= 15 is 0 Å². The summed E-state index contributed by atoms with van der Waals surface area (Å²) in [6, 6.07) is 14.3. The van der Waals surface area contributed by atoms with E-state index in [2.05, 4.69) is 11.4 Å². The third kappa shape index (κ3) is 5.57. The van der Waals surface area contributed by atoms with Crippen molar-refractivity contribution in [1.82, 2.24) is 5.32 Å². The van der Waals surface area contributed by atoms with E-state index in [1.807, 2.05) is 50.2 Å². The number of hydrogen-bond donors (Lipinski definition) is 1. The summed E-state index contributed by atoms with van der Waals surface area (Å²) in [5, 5.41) is 5.15. The van der Waals surface area contributed by atoms with Gasteiger partial charge < -0.3 is 10.1 Å². The minimum Gasteiger partial charge on any atom is -0.455 e. The van der Waals surface area contributed by atoms with Crippen LogP contribution >= 0.6 is 11.8 Å². The SMILES string of the molecule is CCC(CC)NC(=O)COC(=O)CSc1ccc2ccccc2c1. The normalized spacial score (nSPS) is 10.8. The van der Waals surface area contributed by atoms with Gasteiger partial charge in [0.2, 0.25) is 0 Å². The van der Waals surface area contributed by atoms with Crippen LogP contribution in [0.2, 0.25) is 0 Å². The highest BCUT2D eigenvalue weighted by Gasteiger charge is 2.11. The van der Waals surface area contributed by atoms with Gasteiger partial charge in [0, 0.05) is 10.9 Å². The lowest BCUT2D eigenvalue weighted by molar-refractivity contribution is -0.146. The highest BCUT2D eigenvalue weighted by atomic mass is 32.2. The van der Waals surface area contributed by atoms with E-state index in [0.29, 0.717) is 0 Å². The van der Waals surface area contributed by atoms with Crippen LogP contribution in [0.3, 0.4) is 0 Å². The number of esters is 1. The van der Waals surface area contributed by atoms with Gasteiger partial charge in [-0.15, -0.1) is 11.8 Å². The Morgan fingerprint density at radius 3 is 2.50 bits per heavy atom. The fourth-order valence-corrected chi connectivity index (χ4v) is 3.09. The Hall–Kier alpha value is -2.01. The summed E-state index contributed by atoms with van der Waals surface area (Å²) < 4.78 is 5.03. The number of rotatable bonds is 8. The first-order valence-corrected chi connectivity index (χ1v) is 9.17. The second-order valence-electron chi connectivity index (χ2n) is 5.54. The Morgan fingerprint density at radius 1 is 1.08 bits per heavy atom. The average molecular weight is 345 g/mol. The molecule has 2 rings (SSSR count). The standard InChI is InChI=1S/C19H23NO3S/c1-3-16(4-2)20-18(21)12-23-19(22)13-24-17-10-9-14-7-5-6-8-15(14)11-17/h5-11,16H,3-4,12-13H2,1-2H3,(H,20,21). The third-order valence-corrected chi connectivity index (χ3v) is 4.76. The highest BCUT2D eigenvalue weighted by molar-refractivity contribution is 8.00. The van der Waals surface area contributed by atoms with Crippen LogP contribution in [-0.2, 0) is 14.3 Å². The number of ether oxygens (including phenoxy) is 1. The summed E-state index contributed by atoms with van der Waals surface area (Å²) in [5.41, 5.74) is 0. The Kier molecular flexibility index (Phi) is 7.12. The lowest BCUT2D eigenvalue weighted by Gasteiger charge is -2.14. The van der Waals surface area contributed by atoms with Crippen LogP contribution in [0.1, 0.15) is 26.7 Å². The molecular weight excluding hydrogens is 322 g/mol. The van der Waals surface area contributed by atoms with E-state index in [4.69, 9.17) is 4.74 Å². The molecule has 0 aliphatic carbocycles. The first-order valence-electron chi connectivity index (χ1n) is 8.19. The molecule has 2 aromatic carbocycles. The van der Waals surface area contributed by atoms with E-state index in [-0.39, 0.29) is 30.3 Å². The molecule has 5 heteroatoms. The number of carbonyl (C=O) groups is 2. The number of thioether (sulfide) groups is 1. The van der Waals surface area contributed by atoms with Gasteiger partial charge in [-0.05, 0) is 35.7 Å². The van der Waals surface area contributed by atoms with Crippen molar-refractivity contribution in [1.29, 1.82) is 0 Å². The Labute approximate surface area is 147 Å². The number of amides is 1. The second kappa shape index (κ2) is 9.33. The van der Waals surface area contributed by atoms with Gasteiger partial charge in [0.25, 0.3) is 5.91 Å². The van der Waals surface area contributed by atoms with Crippen molar-refractivity contribution < 1.29 is 14.3 Å². The molecular formula is C19H23NO3S. The molecule has 0 radical (unpaired) electrons. The smallest absolute Gasteiger partial charge is 0.316 e. The molecule has 0 heterocycles. The molecule has 1 N–H and O–H groups in total. The van der Waals surface area contributed by atoms with Gasteiger partial charge in [0.1, 0.15) is 0 Å². The molecule has 0 saturated heterocycles. The van der Waals surface area contributed by atoms with Gasteiger partial charge in [0.05, 0.1) is 5.75 Å². The van der Waals surface area contributed by atoms with Crippen LogP contribution in [0.15, 0.2) is 47.4 Å². The molecule has 128 valence electrons. The zero-order chi connectivity index (χ0) is 17.4. The summed E-state index contributed by atoms with van der Waals surface area (Å²) in [7, 11) is 0. The maximum atomic E-state index is 11.8. The van der Waals surface area contributed by atoms with Gasteiger partial charge in [0.15, 0.2) is 6.61 Å². The summed E-state index contributed by atoms with van der Waals surface area (Å²) in [5.74, 6) is -0.433. The molecule has 0 aliphatic heterocycles. The Bertz CT molecular complexity index is 698. The van der Waals surface area contributed by atoms with Crippen molar-refractivity contribution in [3.05, 3.63) is 42.5 Å². The van der Waals surface area contributed by atoms with E-state index in [1.54, 1.807) is 0 Å². The predicted octanol–water partition coefficient (Wildman–Crippen LogP) is 3.78. The molecule has 0 fully saturated rings. The molecule has 0 bridgehead atoms. The maximum Gasteiger partial charge on any atom is 0.316 e. The van der Waals surface area contributed by atoms with E-state index in [1.165, 1.54) is 17.1 Å². The minimum atomic E-state index is -0.382. The highest BCUT2D eigenvalue weighted by Crippen LogP contribution is 2.23. The van der Waals surface area contributed by atoms with Crippen molar-refractivity contribution in [2.45, 2.75) is 37.6 Å². The van der Waals surface area contributed by atoms with Crippen molar-refractivity contribution in [3.8, 4) is 0 Å². The largest absolute Gasteiger partial charge is 0.455 e. The molecule has 24 heavy (non-hydrogen) atoms. The quantitative estimate of drug-likeness (QED) is 0.584. The minimum absolute atomic E-state index is 0.142. The average Bonchev–Trinajstić information content (AvgIpc) is 2.62. The molecule has 0 spiro atoms. The molecule has 4 nitrogen and oxygen atoms in total. The molecule has 2 aromatic rings. The number of hydrogen-bond acceptors (Lipinski definition) is 4. The monoisotopic (exact) mass is 345 g/mol. The van der Waals surface area contributed by atoms with Gasteiger partial charge in [-0.2, -0.15) is 0 Å². The lowest BCUT2D eigenvalue weighted by Crippen LogP contribution is -2.37. The van der Waals surface area contributed by atoms with Crippen molar-refractivity contribution in [3.63, 3.8) is 0 Å². The number of fused-ring (bicyclic) bond motifs is 1. The van der Waals surface area contributed by atoms with E-state index in [9.17, 15) is 9.59 Å². The predicted molar refractivity (Wildman–Crippen MR) is 98.1 cm³/mol. The third-order valence-electron chi connectivity index (χ3n) is 3.79. The van der Waals surface area contributed by atoms with Crippen molar-refractivity contribution in [2.75, 3.05) is 12.4 Å². The zero-order valence-corrected chi connectivity index (χ0v) is 14.9. The lowest BCUT2D eigenvalue weighted by atomic mass is 10.1. The fraction of sp³-hybridized carbons (Fsp3) is 0.368. The molecule has 0 atom stereocenters. The first kappa shape index (κ1) is 18.3. The summed E-state index contributed by atoms with van der Waals surface area (Å²) in [6.07, 6.45) is 1.74. The molecule has 0 aliphatic rings. The van der Waals surface area contributed by atoms with Gasteiger partial charge in [-0.1, -0.05) is 44.2 Å². The topological polar surface area (TPSA) is 55.4 Å². The molecule has 0 unspecified atom stereocenters. The number of carbonyl (C=O) groups excluding carboxylic acids is 2. The first-order chi connectivity index (χ1) is 11.6. The van der Waals surface area contributed by atoms with Gasteiger partial charge in [-0.3, -0.25) is 9.59 Å². The number of nitrogens with one attached hydrogen (secondary N) is 1. The number of benzene rings is 2. The van der Waals surface area contributed by atoms with E-state index in [0.717, 1.165) is 23.1 Å². The fourth-order valence-electron chi connectivity index (χ4n) is 2.35. The van der Waals surface area contributed by atoms with Crippen molar-refractivity contribution >= 4 is 34.4 Å². The summed E-state index contributed by atoms with van der Waals surface area (Å²) >= 11 is 1.41. The summed E-state index contributed by atoms with van der Waals surface area (Å²) in [4.78, 5) is 24.5. The van der Waals surface area contributed by atoms with Crippen LogP contribution in [0.5, 0.6) is 0 Å². The Morgan fingerprint density at radius 2 is 1.79 bits per heavy atom. The van der Waals surface area contributed by atoms with Crippen LogP contribution in [0.25, 0.3) is 10.8 Å². The Balaban J connectivity index is 1.77. The van der Waals surface area contributed by atoms with Crippen LogP contribution in [0.4, 0.5) is 0 Å².